The van der Waals surface area contributed by atoms with E-state index in [4.69, 9.17) is 16.3 Å². The topological polar surface area (TPSA) is 63.7 Å². The highest BCUT2D eigenvalue weighted by Gasteiger charge is 2.51. The Hall–Kier alpha value is -2.92. The molecule has 5 nitrogen and oxygen atoms in total. The third kappa shape index (κ3) is 3.70. The van der Waals surface area contributed by atoms with E-state index < -0.39 is 5.97 Å². The van der Waals surface area contributed by atoms with Crippen LogP contribution in [-0.4, -0.2) is 17.8 Å². The van der Waals surface area contributed by atoms with Crippen molar-refractivity contribution < 1.29 is 19.1 Å². The molecule has 0 aromatic heterocycles. The number of hydrogen-bond acceptors (Lipinski definition) is 4. The minimum Gasteiger partial charge on any atom is -0.424 e. The van der Waals surface area contributed by atoms with Crippen LogP contribution in [-0.2, 0) is 20.8 Å². The summed E-state index contributed by atoms with van der Waals surface area (Å²) in [6.07, 6.45) is 4.54. The molecule has 2 aliphatic rings. The van der Waals surface area contributed by atoms with E-state index in [1.807, 2.05) is 19.1 Å². The molecular weight excluding hydrogens is 390 g/mol. The molecule has 0 saturated carbocycles. The number of para-hydroxylation sites is 2. The van der Waals surface area contributed by atoms with Gasteiger partial charge in [0.1, 0.15) is 0 Å². The van der Waals surface area contributed by atoms with Gasteiger partial charge in [-0.15, -0.1) is 0 Å². The molecule has 0 N–H and O–H groups in total. The van der Waals surface area contributed by atoms with Gasteiger partial charge in [-0.3, -0.25) is 14.4 Å². The highest BCUT2D eigenvalue weighted by molar-refractivity contribution is 6.30. The average molecular weight is 410 g/mol. The molecule has 2 amide bonds. The number of esters is 1. The maximum absolute atomic E-state index is 13.0. The van der Waals surface area contributed by atoms with Gasteiger partial charge in [0.15, 0.2) is 5.75 Å². The van der Waals surface area contributed by atoms with Crippen LogP contribution in [0.1, 0.15) is 18.9 Å². The number of rotatable bonds is 4. The fourth-order valence-electron chi connectivity index (χ4n) is 4.04. The molecule has 0 spiro atoms. The lowest BCUT2D eigenvalue weighted by Gasteiger charge is -2.22. The third-order valence-corrected chi connectivity index (χ3v) is 5.72. The van der Waals surface area contributed by atoms with Crippen molar-refractivity contribution in [2.45, 2.75) is 19.8 Å². The van der Waals surface area contributed by atoms with Gasteiger partial charge in [0.2, 0.25) is 11.8 Å². The van der Waals surface area contributed by atoms with Crippen LogP contribution in [0, 0.1) is 17.8 Å². The van der Waals surface area contributed by atoms with Gasteiger partial charge in [-0.1, -0.05) is 54.9 Å². The fourth-order valence-corrected chi connectivity index (χ4v) is 4.17. The van der Waals surface area contributed by atoms with Crippen LogP contribution in [0.4, 0.5) is 5.69 Å². The first kappa shape index (κ1) is 19.4. The van der Waals surface area contributed by atoms with Gasteiger partial charge in [-0.25, -0.2) is 4.90 Å². The van der Waals surface area contributed by atoms with Crippen molar-refractivity contribution >= 4 is 35.1 Å². The van der Waals surface area contributed by atoms with Crippen LogP contribution < -0.4 is 9.64 Å². The Kier molecular flexibility index (Phi) is 5.24. The summed E-state index contributed by atoms with van der Waals surface area (Å²) in [4.78, 5) is 39.6. The second-order valence-corrected chi connectivity index (χ2v) is 7.85. The number of allylic oxidation sites excluding steroid dienone is 2. The lowest BCUT2D eigenvalue weighted by molar-refractivity contribution is -0.134. The molecule has 1 aliphatic heterocycles. The molecule has 6 heteroatoms. The second-order valence-electron chi connectivity index (χ2n) is 7.41. The highest BCUT2D eigenvalue weighted by atomic mass is 35.5. The largest absolute Gasteiger partial charge is 0.424 e. The van der Waals surface area contributed by atoms with E-state index in [2.05, 4.69) is 0 Å². The molecular formula is C23H20ClNO4. The summed E-state index contributed by atoms with van der Waals surface area (Å²) in [5.74, 6) is -1.49. The maximum atomic E-state index is 13.0. The van der Waals surface area contributed by atoms with E-state index in [0.717, 1.165) is 5.56 Å². The SMILES string of the molecule is CC1C=CCC2C(=O)N(c3ccccc3OC(=O)Cc3ccc(Cl)cc3)C(=O)C12. The molecule has 0 bridgehead atoms. The smallest absolute Gasteiger partial charge is 0.315 e. The number of hydrogen-bond donors (Lipinski definition) is 0. The van der Waals surface area contributed by atoms with Crippen LogP contribution in [0.5, 0.6) is 5.75 Å². The lowest BCUT2D eigenvalue weighted by Crippen LogP contribution is -2.32. The zero-order chi connectivity index (χ0) is 20.5. The van der Waals surface area contributed by atoms with Crippen LogP contribution in [0.15, 0.2) is 60.7 Å². The molecule has 3 unspecified atom stereocenters. The summed E-state index contributed by atoms with van der Waals surface area (Å²) < 4.78 is 5.54. The van der Waals surface area contributed by atoms with Crippen molar-refractivity contribution in [3.63, 3.8) is 0 Å². The van der Waals surface area contributed by atoms with Crippen LogP contribution >= 0.6 is 11.6 Å². The monoisotopic (exact) mass is 409 g/mol. The van der Waals surface area contributed by atoms with Gasteiger partial charge in [0, 0.05) is 5.02 Å². The van der Waals surface area contributed by atoms with E-state index in [-0.39, 0.29) is 41.7 Å². The summed E-state index contributed by atoms with van der Waals surface area (Å²) >= 11 is 5.87. The lowest BCUT2D eigenvalue weighted by atomic mass is 9.78. The van der Waals surface area contributed by atoms with E-state index in [1.165, 1.54) is 4.90 Å². The van der Waals surface area contributed by atoms with E-state index in [1.54, 1.807) is 48.5 Å². The zero-order valence-corrected chi connectivity index (χ0v) is 16.6. The summed E-state index contributed by atoms with van der Waals surface area (Å²) in [6, 6.07) is 13.6. The predicted octanol–water partition coefficient (Wildman–Crippen LogP) is 4.19. The second kappa shape index (κ2) is 7.84. The van der Waals surface area contributed by atoms with Crippen molar-refractivity contribution in [3.8, 4) is 5.75 Å². The Morgan fingerprint density at radius 2 is 1.83 bits per heavy atom. The Balaban J connectivity index is 1.57. The van der Waals surface area contributed by atoms with Crippen molar-refractivity contribution in [2.75, 3.05) is 4.90 Å². The van der Waals surface area contributed by atoms with Crippen molar-refractivity contribution in [2.24, 2.45) is 17.8 Å². The minimum absolute atomic E-state index is 0.00480. The molecule has 3 atom stereocenters. The number of anilines is 1. The van der Waals surface area contributed by atoms with Gasteiger partial charge < -0.3 is 4.74 Å². The van der Waals surface area contributed by atoms with Crippen LogP contribution in [0.2, 0.25) is 5.02 Å². The van der Waals surface area contributed by atoms with Gasteiger partial charge in [-0.2, -0.15) is 0 Å². The molecule has 1 aliphatic carbocycles. The standard InChI is InChI=1S/C23H20ClNO4/c1-14-5-4-6-17-21(14)23(28)25(22(17)27)18-7-2-3-8-19(18)29-20(26)13-15-9-11-16(24)12-10-15/h2-5,7-12,14,17,21H,6,13H2,1H3. The molecule has 2 aromatic rings. The number of amides is 2. The quantitative estimate of drug-likeness (QED) is 0.329. The highest BCUT2D eigenvalue weighted by Crippen LogP contribution is 2.42. The summed E-state index contributed by atoms with van der Waals surface area (Å²) in [5.41, 5.74) is 1.07. The Morgan fingerprint density at radius 1 is 1.10 bits per heavy atom. The Labute approximate surface area is 173 Å². The molecule has 1 saturated heterocycles. The Morgan fingerprint density at radius 3 is 2.55 bits per heavy atom. The van der Waals surface area contributed by atoms with Crippen LogP contribution in [0.25, 0.3) is 0 Å². The summed E-state index contributed by atoms with van der Waals surface area (Å²) in [6.45, 7) is 1.94. The minimum atomic E-state index is -0.480. The first-order valence-corrected chi connectivity index (χ1v) is 9.92. The number of imide groups is 1. The van der Waals surface area contributed by atoms with Crippen molar-refractivity contribution in [3.05, 3.63) is 71.3 Å². The van der Waals surface area contributed by atoms with Gasteiger partial charge in [0.25, 0.3) is 0 Å². The number of carbonyl (C=O) groups excluding carboxylic acids is 3. The molecule has 1 heterocycles. The molecule has 29 heavy (non-hydrogen) atoms. The van der Waals surface area contributed by atoms with Gasteiger partial charge in [0.05, 0.1) is 23.9 Å². The first-order valence-electron chi connectivity index (χ1n) is 9.54. The van der Waals surface area contributed by atoms with Crippen molar-refractivity contribution in [1.29, 1.82) is 0 Å². The summed E-state index contributed by atoms with van der Waals surface area (Å²) in [7, 11) is 0. The number of nitrogens with zero attached hydrogens (tertiary/aromatic N) is 1. The predicted molar refractivity (Wildman–Crippen MR) is 110 cm³/mol. The number of ether oxygens (including phenoxy) is 1. The maximum Gasteiger partial charge on any atom is 0.315 e. The molecule has 2 aromatic carbocycles. The fraction of sp³-hybridized carbons (Fsp3) is 0.261. The third-order valence-electron chi connectivity index (χ3n) is 5.46. The van der Waals surface area contributed by atoms with Gasteiger partial charge in [-0.05, 0) is 42.2 Å². The Bertz CT molecular complexity index is 998. The summed E-state index contributed by atoms with van der Waals surface area (Å²) in [5, 5.41) is 0.587. The average Bonchev–Trinajstić information content (AvgIpc) is 2.96. The van der Waals surface area contributed by atoms with E-state index in [9.17, 15) is 14.4 Å². The normalized spacial score (nSPS) is 23.2. The van der Waals surface area contributed by atoms with Crippen molar-refractivity contribution in [1.82, 2.24) is 0 Å². The number of benzene rings is 2. The number of fused-ring (bicyclic) bond motifs is 1. The van der Waals surface area contributed by atoms with Crippen LogP contribution in [0.3, 0.4) is 0 Å². The first-order chi connectivity index (χ1) is 14.0. The zero-order valence-electron chi connectivity index (χ0n) is 15.9. The molecule has 148 valence electrons. The molecule has 4 rings (SSSR count). The van der Waals surface area contributed by atoms with Gasteiger partial charge >= 0.3 is 5.97 Å². The van der Waals surface area contributed by atoms with E-state index >= 15 is 0 Å². The number of halogens is 1. The molecule has 1 fully saturated rings. The number of carbonyl (C=O) groups is 3. The van der Waals surface area contributed by atoms with E-state index in [0.29, 0.717) is 17.1 Å². The molecule has 0 radical (unpaired) electrons.